The standard InChI is InChI=1S/C13H16BrNO2/c1-9-3-4-10(7-11(9)14)12(16)15-13(2)5-6-17-8-13/h3-4,7H,5-6,8H2,1-2H3,(H,15,16). The minimum Gasteiger partial charge on any atom is -0.379 e. The average molecular weight is 298 g/mol. The second-order valence-corrected chi connectivity index (χ2v) is 5.64. The summed E-state index contributed by atoms with van der Waals surface area (Å²) in [4.78, 5) is 12.1. The van der Waals surface area contributed by atoms with Gasteiger partial charge in [-0.05, 0) is 38.0 Å². The number of rotatable bonds is 2. The topological polar surface area (TPSA) is 38.3 Å². The van der Waals surface area contributed by atoms with Crippen molar-refractivity contribution < 1.29 is 9.53 Å². The summed E-state index contributed by atoms with van der Waals surface area (Å²) < 4.78 is 6.27. The summed E-state index contributed by atoms with van der Waals surface area (Å²) in [6, 6.07) is 5.63. The maximum absolute atomic E-state index is 12.1. The number of hydrogen-bond acceptors (Lipinski definition) is 2. The first-order valence-corrected chi connectivity index (χ1v) is 6.46. The minimum absolute atomic E-state index is 0.0429. The van der Waals surface area contributed by atoms with E-state index in [0.717, 1.165) is 16.5 Å². The summed E-state index contributed by atoms with van der Waals surface area (Å²) >= 11 is 3.44. The van der Waals surface area contributed by atoms with E-state index in [4.69, 9.17) is 4.74 Å². The highest BCUT2D eigenvalue weighted by Crippen LogP contribution is 2.20. The van der Waals surface area contributed by atoms with Gasteiger partial charge in [0.2, 0.25) is 0 Å². The molecule has 4 heteroatoms. The second-order valence-electron chi connectivity index (χ2n) is 4.78. The molecule has 0 aromatic heterocycles. The number of halogens is 1. The van der Waals surface area contributed by atoms with Crippen LogP contribution in [-0.2, 0) is 4.74 Å². The van der Waals surface area contributed by atoms with Gasteiger partial charge in [0, 0.05) is 16.6 Å². The van der Waals surface area contributed by atoms with Gasteiger partial charge < -0.3 is 10.1 Å². The third-order valence-electron chi connectivity index (χ3n) is 3.07. The molecule has 92 valence electrons. The molecule has 1 unspecified atom stereocenters. The lowest BCUT2D eigenvalue weighted by Crippen LogP contribution is -2.46. The van der Waals surface area contributed by atoms with Crippen LogP contribution < -0.4 is 5.32 Å². The van der Waals surface area contributed by atoms with Crippen molar-refractivity contribution >= 4 is 21.8 Å². The van der Waals surface area contributed by atoms with E-state index in [1.807, 2.05) is 32.0 Å². The van der Waals surface area contributed by atoms with E-state index >= 15 is 0 Å². The third kappa shape index (κ3) is 2.87. The summed E-state index contributed by atoms with van der Waals surface area (Å²) in [5.41, 5.74) is 1.57. The lowest BCUT2D eigenvalue weighted by Gasteiger charge is -2.23. The molecule has 1 N–H and O–H groups in total. The highest BCUT2D eigenvalue weighted by Gasteiger charge is 2.31. The van der Waals surface area contributed by atoms with Crippen LogP contribution in [0.4, 0.5) is 0 Å². The largest absolute Gasteiger partial charge is 0.379 e. The number of ether oxygens (including phenoxy) is 1. The summed E-state index contributed by atoms with van der Waals surface area (Å²) in [5.74, 6) is -0.0429. The molecule has 1 amide bonds. The Morgan fingerprint density at radius 3 is 2.88 bits per heavy atom. The first kappa shape index (κ1) is 12.6. The molecule has 0 radical (unpaired) electrons. The fraction of sp³-hybridized carbons (Fsp3) is 0.462. The average Bonchev–Trinajstić information content (AvgIpc) is 2.69. The zero-order chi connectivity index (χ0) is 12.5. The number of nitrogens with one attached hydrogen (secondary N) is 1. The van der Waals surface area contributed by atoms with Crippen LogP contribution in [0.2, 0.25) is 0 Å². The number of amides is 1. The van der Waals surface area contributed by atoms with Crippen LogP contribution in [0.5, 0.6) is 0 Å². The van der Waals surface area contributed by atoms with E-state index < -0.39 is 0 Å². The first-order chi connectivity index (χ1) is 8.00. The normalized spacial score (nSPS) is 23.7. The smallest absolute Gasteiger partial charge is 0.251 e. The summed E-state index contributed by atoms with van der Waals surface area (Å²) in [5, 5.41) is 3.03. The number of carbonyl (C=O) groups is 1. The summed E-state index contributed by atoms with van der Waals surface area (Å²) in [7, 11) is 0. The number of benzene rings is 1. The van der Waals surface area contributed by atoms with E-state index in [0.29, 0.717) is 18.8 Å². The fourth-order valence-corrected chi connectivity index (χ4v) is 2.22. The molecule has 17 heavy (non-hydrogen) atoms. The number of aryl methyl sites for hydroxylation is 1. The van der Waals surface area contributed by atoms with Gasteiger partial charge in [-0.3, -0.25) is 4.79 Å². The van der Waals surface area contributed by atoms with Crippen LogP contribution in [0.1, 0.15) is 29.3 Å². The Kier molecular flexibility index (Phi) is 3.54. The Labute approximate surface area is 110 Å². The Balaban J connectivity index is 2.11. The van der Waals surface area contributed by atoms with Crippen molar-refractivity contribution in [2.24, 2.45) is 0 Å². The quantitative estimate of drug-likeness (QED) is 0.911. The van der Waals surface area contributed by atoms with Crippen LogP contribution in [0, 0.1) is 6.92 Å². The third-order valence-corrected chi connectivity index (χ3v) is 3.92. The molecule has 1 fully saturated rings. The molecule has 1 heterocycles. The predicted molar refractivity (Wildman–Crippen MR) is 70.2 cm³/mol. The lowest BCUT2D eigenvalue weighted by atomic mass is 10.0. The molecule has 0 saturated carbocycles. The lowest BCUT2D eigenvalue weighted by molar-refractivity contribution is 0.0890. The van der Waals surface area contributed by atoms with E-state index in [2.05, 4.69) is 21.2 Å². The molecule has 1 atom stereocenters. The van der Waals surface area contributed by atoms with Gasteiger partial charge in [0.25, 0.3) is 5.91 Å². The van der Waals surface area contributed by atoms with E-state index in [-0.39, 0.29) is 11.4 Å². The van der Waals surface area contributed by atoms with Crippen LogP contribution in [0.25, 0.3) is 0 Å². The van der Waals surface area contributed by atoms with Crippen molar-refractivity contribution in [1.29, 1.82) is 0 Å². The fourth-order valence-electron chi connectivity index (χ4n) is 1.85. The summed E-state index contributed by atoms with van der Waals surface area (Å²) in [6.45, 7) is 5.32. The molecular formula is C13H16BrNO2. The van der Waals surface area contributed by atoms with Crippen molar-refractivity contribution in [3.05, 3.63) is 33.8 Å². The van der Waals surface area contributed by atoms with Gasteiger partial charge in [-0.1, -0.05) is 22.0 Å². The molecule has 0 bridgehead atoms. The second kappa shape index (κ2) is 4.78. The van der Waals surface area contributed by atoms with Gasteiger partial charge in [-0.25, -0.2) is 0 Å². The Morgan fingerprint density at radius 1 is 1.53 bits per heavy atom. The molecular weight excluding hydrogens is 282 g/mol. The number of hydrogen-bond donors (Lipinski definition) is 1. The van der Waals surface area contributed by atoms with Crippen molar-refractivity contribution in [3.63, 3.8) is 0 Å². The zero-order valence-corrected chi connectivity index (χ0v) is 11.6. The maximum Gasteiger partial charge on any atom is 0.251 e. The minimum atomic E-state index is -0.228. The maximum atomic E-state index is 12.1. The predicted octanol–water partition coefficient (Wildman–Crippen LogP) is 2.67. The molecule has 3 nitrogen and oxygen atoms in total. The molecule has 1 aromatic rings. The summed E-state index contributed by atoms with van der Waals surface area (Å²) in [6.07, 6.45) is 0.867. The highest BCUT2D eigenvalue weighted by molar-refractivity contribution is 9.10. The van der Waals surface area contributed by atoms with Gasteiger partial charge >= 0.3 is 0 Å². The van der Waals surface area contributed by atoms with Crippen molar-refractivity contribution in [2.75, 3.05) is 13.2 Å². The Bertz CT molecular complexity index is 439. The SMILES string of the molecule is Cc1ccc(C(=O)NC2(C)CCOC2)cc1Br. The highest BCUT2D eigenvalue weighted by atomic mass is 79.9. The monoisotopic (exact) mass is 297 g/mol. The van der Waals surface area contributed by atoms with E-state index in [9.17, 15) is 4.79 Å². The molecule has 1 aromatic carbocycles. The van der Waals surface area contributed by atoms with Crippen molar-refractivity contribution in [2.45, 2.75) is 25.8 Å². The van der Waals surface area contributed by atoms with Gasteiger partial charge in [0.1, 0.15) is 0 Å². The van der Waals surface area contributed by atoms with Gasteiger partial charge in [0.15, 0.2) is 0 Å². The molecule has 0 spiro atoms. The Morgan fingerprint density at radius 2 is 2.29 bits per heavy atom. The molecule has 2 rings (SSSR count). The van der Waals surface area contributed by atoms with Crippen molar-refractivity contribution in [3.8, 4) is 0 Å². The molecule has 1 saturated heterocycles. The Hall–Kier alpha value is -0.870. The van der Waals surface area contributed by atoms with E-state index in [1.165, 1.54) is 0 Å². The molecule has 1 aliphatic rings. The van der Waals surface area contributed by atoms with E-state index in [1.54, 1.807) is 0 Å². The van der Waals surface area contributed by atoms with Gasteiger partial charge in [0.05, 0.1) is 12.1 Å². The first-order valence-electron chi connectivity index (χ1n) is 5.67. The number of carbonyl (C=O) groups excluding carboxylic acids is 1. The van der Waals surface area contributed by atoms with Crippen molar-refractivity contribution in [1.82, 2.24) is 5.32 Å². The van der Waals surface area contributed by atoms with Crippen LogP contribution >= 0.6 is 15.9 Å². The zero-order valence-electron chi connectivity index (χ0n) is 10.0. The van der Waals surface area contributed by atoms with Crippen LogP contribution in [0.3, 0.4) is 0 Å². The van der Waals surface area contributed by atoms with Gasteiger partial charge in [-0.2, -0.15) is 0 Å². The van der Waals surface area contributed by atoms with Gasteiger partial charge in [-0.15, -0.1) is 0 Å². The molecule has 1 aliphatic heterocycles. The van der Waals surface area contributed by atoms with Crippen LogP contribution in [-0.4, -0.2) is 24.7 Å². The van der Waals surface area contributed by atoms with Crippen LogP contribution in [0.15, 0.2) is 22.7 Å². The molecule has 0 aliphatic carbocycles.